The van der Waals surface area contributed by atoms with Crippen LogP contribution in [0.15, 0.2) is 24.3 Å². The number of nitrogens with zero attached hydrogens (tertiary/aromatic N) is 4. The number of nitriles is 1. The zero-order valence-corrected chi connectivity index (χ0v) is 17.1. The zero-order chi connectivity index (χ0) is 23.8. The Morgan fingerprint density at radius 2 is 2.06 bits per heavy atom. The zero-order valence-electron chi connectivity index (χ0n) is 17.1. The first-order valence-corrected chi connectivity index (χ1v) is 9.53. The van der Waals surface area contributed by atoms with Crippen molar-refractivity contribution in [3.63, 3.8) is 0 Å². The number of hydrogen-bond acceptors (Lipinski definition) is 5. The van der Waals surface area contributed by atoms with E-state index in [1.807, 2.05) is 0 Å². The Kier molecular flexibility index (Phi) is 6.37. The number of β-amino-alcohol motifs (C(OH)–C–C–N with tert-alkyl or cyclic N) is 1. The van der Waals surface area contributed by atoms with E-state index < -0.39 is 47.8 Å². The van der Waals surface area contributed by atoms with E-state index >= 15 is 0 Å². The fourth-order valence-electron chi connectivity index (χ4n) is 3.70. The van der Waals surface area contributed by atoms with Gasteiger partial charge >= 0.3 is 6.18 Å². The highest BCUT2D eigenvalue weighted by atomic mass is 19.4. The molecule has 32 heavy (non-hydrogen) atoms. The molecule has 1 aliphatic rings. The number of amides is 1. The minimum Gasteiger partial charge on any atom is -0.391 e. The predicted molar refractivity (Wildman–Crippen MR) is 105 cm³/mol. The Balaban J connectivity index is 2.03. The van der Waals surface area contributed by atoms with Crippen molar-refractivity contribution in [2.45, 2.75) is 38.3 Å². The number of rotatable bonds is 4. The van der Waals surface area contributed by atoms with Crippen molar-refractivity contribution in [3.8, 4) is 6.07 Å². The van der Waals surface area contributed by atoms with Crippen LogP contribution < -0.4 is 9.80 Å². The molecule has 0 bridgehead atoms. The maximum absolute atomic E-state index is 13.6. The second-order valence-electron chi connectivity index (χ2n) is 7.48. The van der Waals surface area contributed by atoms with Crippen LogP contribution in [0.2, 0.25) is 0 Å². The van der Waals surface area contributed by atoms with E-state index in [9.17, 15) is 37.1 Å². The van der Waals surface area contributed by atoms with Crippen LogP contribution in [0.5, 0.6) is 0 Å². The highest BCUT2D eigenvalue weighted by Gasteiger charge is 2.42. The third kappa shape index (κ3) is 4.36. The Morgan fingerprint density at radius 1 is 1.38 bits per heavy atom. The molecule has 2 aromatic rings. The molecule has 6 nitrogen and oxygen atoms in total. The van der Waals surface area contributed by atoms with Gasteiger partial charge in [0.1, 0.15) is 36.0 Å². The Labute approximate surface area is 180 Å². The minimum atomic E-state index is -4.82. The first-order chi connectivity index (χ1) is 15.0. The number of benzene rings is 1. The number of anilines is 2. The van der Waals surface area contributed by atoms with Crippen molar-refractivity contribution in [1.82, 2.24) is 4.98 Å². The lowest BCUT2D eigenvalue weighted by molar-refractivity contribution is -0.137. The third-order valence-electron chi connectivity index (χ3n) is 5.27. The van der Waals surface area contributed by atoms with E-state index in [-0.39, 0.29) is 35.7 Å². The molecular formula is C21H19F5N4O2. The Hall–Kier alpha value is -3.26. The smallest absolute Gasteiger partial charge is 0.391 e. The fourth-order valence-corrected chi connectivity index (χ4v) is 3.70. The summed E-state index contributed by atoms with van der Waals surface area (Å²) in [4.78, 5) is 19.5. The van der Waals surface area contributed by atoms with Gasteiger partial charge in [-0.05, 0) is 31.2 Å². The second kappa shape index (κ2) is 8.70. The molecule has 1 N–H and O–H groups in total. The van der Waals surface area contributed by atoms with Gasteiger partial charge in [0.15, 0.2) is 0 Å². The highest BCUT2D eigenvalue weighted by molar-refractivity contribution is 5.99. The van der Waals surface area contributed by atoms with Gasteiger partial charge in [-0.2, -0.15) is 18.4 Å². The number of aromatic nitrogens is 1. The second-order valence-corrected chi connectivity index (χ2v) is 7.48. The molecule has 0 radical (unpaired) electrons. The summed E-state index contributed by atoms with van der Waals surface area (Å²) in [5.74, 6) is -1.78. The summed E-state index contributed by atoms with van der Waals surface area (Å²) >= 11 is 0. The maximum atomic E-state index is 13.6. The normalized spacial score (nSPS) is 18.5. The van der Waals surface area contributed by atoms with E-state index in [1.54, 1.807) is 0 Å². The average Bonchev–Trinajstić information content (AvgIpc) is 3.13. The summed E-state index contributed by atoms with van der Waals surface area (Å²) in [7, 11) is 1.34. The summed E-state index contributed by atoms with van der Waals surface area (Å²) < 4.78 is 67.1. The lowest BCUT2D eigenvalue weighted by Gasteiger charge is -2.30. The van der Waals surface area contributed by atoms with Crippen molar-refractivity contribution < 1.29 is 31.9 Å². The van der Waals surface area contributed by atoms with Gasteiger partial charge in [-0.15, -0.1) is 0 Å². The Morgan fingerprint density at radius 3 is 2.66 bits per heavy atom. The van der Waals surface area contributed by atoms with E-state index in [4.69, 9.17) is 0 Å². The van der Waals surface area contributed by atoms with Gasteiger partial charge in [0, 0.05) is 37.0 Å². The molecule has 1 saturated heterocycles. The Bertz CT molecular complexity index is 1080. The number of likely N-dealkylation sites (N-methyl/N-ethyl adjacent to an activating group) is 1. The van der Waals surface area contributed by atoms with Crippen LogP contribution >= 0.6 is 0 Å². The highest BCUT2D eigenvalue weighted by Crippen LogP contribution is 2.38. The van der Waals surface area contributed by atoms with E-state index in [0.717, 1.165) is 23.1 Å². The van der Waals surface area contributed by atoms with E-state index in [0.29, 0.717) is 0 Å². The van der Waals surface area contributed by atoms with Gasteiger partial charge in [0.05, 0.1) is 11.7 Å². The summed E-state index contributed by atoms with van der Waals surface area (Å²) in [5, 5.41) is 19.6. The third-order valence-corrected chi connectivity index (χ3v) is 5.27. The molecular weight excluding hydrogens is 435 g/mol. The molecule has 0 unspecified atom stereocenters. The summed E-state index contributed by atoms with van der Waals surface area (Å²) in [6.07, 6.45) is -6.00. The van der Waals surface area contributed by atoms with E-state index in [1.165, 1.54) is 31.0 Å². The number of carbonyl (C=O) groups excluding carboxylic acids is 1. The van der Waals surface area contributed by atoms with Crippen LogP contribution in [-0.2, 0) is 17.6 Å². The topological polar surface area (TPSA) is 80.5 Å². The van der Waals surface area contributed by atoms with Crippen LogP contribution in [0, 0.1) is 24.1 Å². The molecule has 1 fully saturated rings. The van der Waals surface area contributed by atoms with Crippen LogP contribution in [-0.4, -0.2) is 41.7 Å². The lowest BCUT2D eigenvalue weighted by Crippen LogP contribution is -2.45. The average molecular weight is 454 g/mol. The molecule has 11 heteroatoms. The fraction of sp³-hybridized carbons (Fsp3) is 0.381. The van der Waals surface area contributed by atoms with Crippen molar-refractivity contribution in [1.29, 1.82) is 5.26 Å². The lowest BCUT2D eigenvalue weighted by atomic mass is 10.1. The summed E-state index contributed by atoms with van der Waals surface area (Å²) in [6.45, 7) is 0.0209. The van der Waals surface area contributed by atoms with Gasteiger partial charge in [-0.1, -0.05) is 0 Å². The quantitative estimate of drug-likeness (QED) is 0.716. The van der Waals surface area contributed by atoms with Crippen molar-refractivity contribution in [2.75, 3.05) is 23.4 Å². The van der Waals surface area contributed by atoms with Crippen LogP contribution in [0.25, 0.3) is 0 Å². The molecule has 3 rings (SSSR count). The van der Waals surface area contributed by atoms with Gasteiger partial charge in [-0.25, -0.2) is 13.8 Å². The number of aliphatic hydroxyl groups is 1. The van der Waals surface area contributed by atoms with Crippen LogP contribution in [0.1, 0.15) is 28.8 Å². The number of carbonyl (C=O) groups is 1. The van der Waals surface area contributed by atoms with Gasteiger partial charge in [0.25, 0.3) is 0 Å². The molecule has 1 aromatic heterocycles. The number of pyridine rings is 1. The minimum absolute atomic E-state index is 0.0154. The maximum Gasteiger partial charge on any atom is 0.417 e. The standard InChI is InChI=1S/C21H19F5N4O2/c1-11-5-16(21(24,25)26)15(9-27)19(28-11)30-10-14(31)7-18(30)20(32)29(2)13-3-4-17(23)12(6-13)8-22/h3-6,14,18,31H,7-8,10H2,1-2H3/t14-,18-/m0/s1. The number of alkyl halides is 4. The van der Waals surface area contributed by atoms with Crippen LogP contribution in [0.4, 0.5) is 33.5 Å². The molecule has 1 amide bonds. The molecule has 0 spiro atoms. The number of aliphatic hydroxyl groups excluding tert-OH is 1. The molecule has 170 valence electrons. The summed E-state index contributed by atoms with van der Waals surface area (Å²) in [5.41, 5.74) is -2.04. The number of aryl methyl sites for hydroxylation is 1. The van der Waals surface area contributed by atoms with Crippen molar-refractivity contribution in [3.05, 3.63) is 52.5 Å². The predicted octanol–water partition coefficient (Wildman–Crippen LogP) is 3.49. The summed E-state index contributed by atoms with van der Waals surface area (Å²) in [6, 6.07) is 4.53. The monoisotopic (exact) mass is 454 g/mol. The van der Waals surface area contributed by atoms with Crippen molar-refractivity contribution >= 4 is 17.4 Å². The first kappa shape index (κ1) is 23.4. The molecule has 2 heterocycles. The number of halogens is 5. The SMILES string of the molecule is Cc1cc(C(F)(F)F)c(C#N)c(N2C[C@@H](O)C[C@H]2C(=O)N(C)c2ccc(F)c(CF)c2)n1. The largest absolute Gasteiger partial charge is 0.417 e. The first-order valence-electron chi connectivity index (χ1n) is 9.53. The molecule has 0 saturated carbocycles. The van der Waals surface area contributed by atoms with Crippen LogP contribution in [0.3, 0.4) is 0 Å². The molecule has 1 aromatic carbocycles. The van der Waals surface area contributed by atoms with Crippen molar-refractivity contribution in [2.24, 2.45) is 0 Å². The molecule has 1 aliphatic heterocycles. The van der Waals surface area contributed by atoms with Gasteiger partial charge in [-0.3, -0.25) is 4.79 Å². The number of hydrogen-bond donors (Lipinski definition) is 1. The molecule has 0 aliphatic carbocycles. The molecule has 2 atom stereocenters. The van der Waals surface area contributed by atoms with E-state index in [2.05, 4.69) is 4.98 Å². The van der Waals surface area contributed by atoms with Gasteiger partial charge in [0.2, 0.25) is 5.91 Å². The van der Waals surface area contributed by atoms with Gasteiger partial charge < -0.3 is 14.9 Å².